The number of halogens is 2. The van der Waals surface area contributed by atoms with Gasteiger partial charge in [0.25, 0.3) is 0 Å². The summed E-state index contributed by atoms with van der Waals surface area (Å²) in [6.45, 7) is 2.09. The van der Waals surface area contributed by atoms with Crippen LogP contribution in [0.3, 0.4) is 0 Å². The van der Waals surface area contributed by atoms with Crippen molar-refractivity contribution in [1.82, 2.24) is 0 Å². The Morgan fingerprint density at radius 1 is 1.58 bits per heavy atom. The number of furan rings is 1. The molecule has 0 unspecified atom stereocenters. The van der Waals surface area contributed by atoms with Crippen molar-refractivity contribution in [3.8, 4) is 0 Å². The first kappa shape index (κ1) is 11.8. The molecule has 0 saturated carbocycles. The third-order valence-corrected chi connectivity index (χ3v) is 1.76. The van der Waals surface area contributed by atoms with E-state index in [9.17, 15) is 0 Å². The van der Waals surface area contributed by atoms with Gasteiger partial charge in [0.05, 0.1) is 6.04 Å². The van der Waals surface area contributed by atoms with Crippen LogP contribution in [0, 0.1) is 0 Å². The normalized spacial score (nSPS) is 12.2. The molecule has 0 fully saturated rings. The summed E-state index contributed by atoms with van der Waals surface area (Å²) in [5, 5.41) is 0.409. The average molecular weight is 210 g/mol. The Morgan fingerprint density at radius 2 is 2.25 bits per heavy atom. The van der Waals surface area contributed by atoms with Gasteiger partial charge >= 0.3 is 0 Å². The van der Waals surface area contributed by atoms with E-state index < -0.39 is 0 Å². The molecule has 4 heteroatoms. The lowest BCUT2D eigenvalue weighted by molar-refractivity contribution is 0.451. The van der Waals surface area contributed by atoms with E-state index in [-0.39, 0.29) is 18.4 Å². The first-order chi connectivity index (χ1) is 5.24. The topological polar surface area (TPSA) is 39.2 Å². The summed E-state index contributed by atoms with van der Waals surface area (Å²) in [6.07, 6.45) is 1.99. The van der Waals surface area contributed by atoms with E-state index in [0.29, 0.717) is 5.22 Å². The molecule has 1 heterocycles. The summed E-state index contributed by atoms with van der Waals surface area (Å²) in [5.41, 5.74) is 5.77. The number of rotatable bonds is 3. The second kappa shape index (κ2) is 5.46. The molecule has 1 aromatic rings. The zero-order chi connectivity index (χ0) is 8.27. The number of nitrogens with two attached hydrogens (primary N) is 1. The van der Waals surface area contributed by atoms with E-state index >= 15 is 0 Å². The van der Waals surface area contributed by atoms with Gasteiger partial charge < -0.3 is 10.2 Å². The highest BCUT2D eigenvalue weighted by Crippen LogP contribution is 2.20. The lowest BCUT2D eigenvalue weighted by atomic mass is 10.1. The van der Waals surface area contributed by atoms with Crippen LogP contribution in [0.5, 0.6) is 0 Å². The summed E-state index contributed by atoms with van der Waals surface area (Å²) >= 11 is 5.58. The van der Waals surface area contributed by atoms with Crippen LogP contribution in [0.2, 0.25) is 5.22 Å². The standard InChI is InChI=1S/C8H12ClNO.ClH/c1-2-3-6(10)7-4-5-8(9)11-7;/h4-6H,2-3,10H2,1H3;1H/t6-;/m0./s1. The molecule has 1 rings (SSSR count). The Bertz CT molecular complexity index is 225. The van der Waals surface area contributed by atoms with Gasteiger partial charge in [0.15, 0.2) is 5.22 Å². The molecule has 0 spiro atoms. The van der Waals surface area contributed by atoms with Crippen LogP contribution in [0.15, 0.2) is 16.5 Å². The SMILES string of the molecule is CCC[C@H](N)c1ccc(Cl)o1.Cl. The summed E-state index contributed by atoms with van der Waals surface area (Å²) in [7, 11) is 0. The van der Waals surface area contributed by atoms with Gasteiger partial charge in [-0.25, -0.2) is 0 Å². The van der Waals surface area contributed by atoms with Crippen molar-refractivity contribution in [1.29, 1.82) is 0 Å². The molecule has 2 N–H and O–H groups in total. The lowest BCUT2D eigenvalue weighted by Crippen LogP contribution is -2.08. The third kappa shape index (κ3) is 3.05. The molecular weight excluding hydrogens is 197 g/mol. The molecule has 0 saturated heterocycles. The fourth-order valence-corrected chi connectivity index (χ4v) is 1.13. The Kier molecular flexibility index (Phi) is 5.38. The van der Waals surface area contributed by atoms with E-state index in [1.807, 2.05) is 6.07 Å². The average Bonchev–Trinajstić information content (AvgIpc) is 2.36. The van der Waals surface area contributed by atoms with Crippen molar-refractivity contribution in [2.45, 2.75) is 25.8 Å². The molecule has 70 valence electrons. The minimum absolute atomic E-state index is 0. The first-order valence-corrected chi connectivity index (χ1v) is 4.12. The molecule has 1 atom stereocenters. The summed E-state index contributed by atoms with van der Waals surface area (Å²) in [4.78, 5) is 0. The van der Waals surface area contributed by atoms with Gasteiger partial charge in [-0.05, 0) is 30.2 Å². The Balaban J connectivity index is 0.00000121. The lowest BCUT2D eigenvalue weighted by Gasteiger charge is -2.04. The van der Waals surface area contributed by atoms with Gasteiger partial charge in [0.2, 0.25) is 0 Å². The highest BCUT2D eigenvalue weighted by atomic mass is 35.5. The highest BCUT2D eigenvalue weighted by Gasteiger charge is 2.08. The van der Waals surface area contributed by atoms with Crippen molar-refractivity contribution in [3.05, 3.63) is 23.1 Å². The number of hydrogen-bond donors (Lipinski definition) is 1. The predicted molar refractivity (Wildman–Crippen MR) is 52.8 cm³/mol. The van der Waals surface area contributed by atoms with Gasteiger partial charge in [0.1, 0.15) is 5.76 Å². The van der Waals surface area contributed by atoms with Crippen LogP contribution in [-0.2, 0) is 0 Å². The Morgan fingerprint density at radius 3 is 2.67 bits per heavy atom. The molecule has 2 nitrogen and oxygen atoms in total. The zero-order valence-corrected chi connectivity index (χ0v) is 8.49. The molecule has 0 aliphatic rings. The largest absolute Gasteiger partial charge is 0.448 e. The van der Waals surface area contributed by atoms with Crippen molar-refractivity contribution >= 4 is 24.0 Å². The van der Waals surface area contributed by atoms with Crippen LogP contribution in [0.1, 0.15) is 31.6 Å². The van der Waals surface area contributed by atoms with E-state index in [1.165, 1.54) is 0 Å². The fourth-order valence-electron chi connectivity index (χ4n) is 0.981. The summed E-state index contributed by atoms with van der Waals surface area (Å²) in [5.74, 6) is 0.775. The molecule has 0 bridgehead atoms. The Hall–Kier alpha value is -0.180. The van der Waals surface area contributed by atoms with Crippen LogP contribution in [0.4, 0.5) is 0 Å². The molecule has 0 aliphatic carbocycles. The fraction of sp³-hybridized carbons (Fsp3) is 0.500. The molecule has 0 aliphatic heterocycles. The van der Waals surface area contributed by atoms with Crippen LogP contribution in [-0.4, -0.2) is 0 Å². The maximum Gasteiger partial charge on any atom is 0.193 e. The third-order valence-electron chi connectivity index (χ3n) is 1.56. The monoisotopic (exact) mass is 209 g/mol. The van der Waals surface area contributed by atoms with Gasteiger partial charge in [0, 0.05) is 0 Å². The molecule has 0 radical (unpaired) electrons. The van der Waals surface area contributed by atoms with Gasteiger partial charge in [-0.3, -0.25) is 0 Å². The molecule has 0 aromatic carbocycles. The number of hydrogen-bond acceptors (Lipinski definition) is 2. The summed E-state index contributed by atoms with van der Waals surface area (Å²) in [6, 6.07) is 3.53. The molecule has 0 amide bonds. The summed E-state index contributed by atoms with van der Waals surface area (Å²) < 4.78 is 5.14. The quantitative estimate of drug-likeness (QED) is 0.832. The molecular formula is C8H13Cl2NO. The van der Waals surface area contributed by atoms with Gasteiger partial charge in [-0.15, -0.1) is 12.4 Å². The second-order valence-electron chi connectivity index (χ2n) is 2.54. The van der Waals surface area contributed by atoms with Crippen molar-refractivity contribution in [2.24, 2.45) is 5.73 Å². The minimum Gasteiger partial charge on any atom is -0.448 e. The van der Waals surface area contributed by atoms with Crippen molar-refractivity contribution in [2.75, 3.05) is 0 Å². The smallest absolute Gasteiger partial charge is 0.193 e. The second-order valence-corrected chi connectivity index (χ2v) is 2.91. The van der Waals surface area contributed by atoms with E-state index in [1.54, 1.807) is 6.07 Å². The maximum absolute atomic E-state index is 5.77. The van der Waals surface area contributed by atoms with E-state index in [0.717, 1.165) is 18.6 Å². The first-order valence-electron chi connectivity index (χ1n) is 3.75. The highest BCUT2D eigenvalue weighted by molar-refractivity contribution is 6.28. The predicted octanol–water partition coefficient (Wildman–Crippen LogP) is 3.15. The van der Waals surface area contributed by atoms with Crippen LogP contribution in [0.25, 0.3) is 0 Å². The zero-order valence-electron chi connectivity index (χ0n) is 6.92. The van der Waals surface area contributed by atoms with E-state index in [2.05, 4.69) is 6.92 Å². The van der Waals surface area contributed by atoms with Crippen molar-refractivity contribution in [3.63, 3.8) is 0 Å². The Labute approximate surface area is 83.5 Å². The van der Waals surface area contributed by atoms with Crippen LogP contribution < -0.4 is 5.73 Å². The molecule has 12 heavy (non-hydrogen) atoms. The van der Waals surface area contributed by atoms with Crippen LogP contribution >= 0.6 is 24.0 Å². The van der Waals surface area contributed by atoms with Gasteiger partial charge in [-0.1, -0.05) is 13.3 Å². The maximum atomic E-state index is 5.77. The van der Waals surface area contributed by atoms with Gasteiger partial charge in [-0.2, -0.15) is 0 Å². The molecule has 1 aromatic heterocycles. The van der Waals surface area contributed by atoms with Crippen molar-refractivity contribution < 1.29 is 4.42 Å². The van der Waals surface area contributed by atoms with E-state index in [4.69, 9.17) is 21.8 Å². The minimum atomic E-state index is -0.00694.